The SMILES string of the molecule is CC(=Nn1nnnc1Nc1ccccc1)c1ccc2ccccc2c1. The van der Waals surface area contributed by atoms with Crippen LogP contribution >= 0.6 is 0 Å². The summed E-state index contributed by atoms with van der Waals surface area (Å²) in [5.74, 6) is 0.464. The molecule has 0 amide bonds. The number of para-hydroxylation sites is 1. The first-order valence-electron chi connectivity index (χ1n) is 7.95. The molecule has 0 spiro atoms. The van der Waals surface area contributed by atoms with Crippen LogP contribution in [0.2, 0.25) is 0 Å². The molecule has 1 N–H and O–H groups in total. The van der Waals surface area contributed by atoms with E-state index >= 15 is 0 Å². The fourth-order valence-electron chi connectivity index (χ4n) is 2.59. The molecule has 0 saturated heterocycles. The summed E-state index contributed by atoms with van der Waals surface area (Å²) in [5.41, 5.74) is 2.76. The van der Waals surface area contributed by atoms with Gasteiger partial charge in [0.15, 0.2) is 0 Å². The van der Waals surface area contributed by atoms with Crippen LogP contribution in [0.4, 0.5) is 11.6 Å². The van der Waals surface area contributed by atoms with Gasteiger partial charge in [-0.05, 0) is 51.9 Å². The molecule has 0 radical (unpaired) electrons. The van der Waals surface area contributed by atoms with Gasteiger partial charge in [0.25, 0.3) is 5.95 Å². The van der Waals surface area contributed by atoms with Crippen molar-refractivity contribution in [2.45, 2.75) is 6.92 Å². The van der Waals surface area contributed by atoms with Gasteiger partial charge in [-0.15, -0.1) is 0 Å². The van der Waals surface area contributed by atoms with Crippen molar-refractivity contribution in [3.63, 3.8) is 0 Å². The molecule has 6 heteroatoms. The van der Waals surface area contributed by atoms with Crippen LogP contribution in [-0.2, 0) is 0 Å². The first kappa shape index (κ1) is 15.0. The standard InChI is InChI=1S/C19H16N6/c1-14(16-12-11-15-7-5-6-8-17(15)13-16)22-25-19(21-23-24-25)20-18-9-3-2-4-10-18/h2-13H,1H3,(H,20,21,24). The predicted molar refractivity (Wildman–Crippen MR) is 99.1 cm³/mol. The van der Waals surface area contributed by atoms with E-state index in [-0.39, 0.29) is 0 Å². The highest BCUT2D eigenvalue weighted by Gasteiger charge is 2.07. The molecule has 0 fully saturated rings. The Morgan fingerprint density at radius 1 is 0.920 bits per heavy atom. The summed E-state index contributed by atoms with van der Waals surface area (Å²) in [6.07, 6.45) is 0. The zero-order valence-corrected chi connectivity index (χ0v) is 13.7. The number of rotatable bonds is 4. The number of nitrogens with zero attached hydrogens (tertiary/aromatic N) is 5. The van der Waals surface area contributed by atoms with Crippen molar-refractivity contribution < 1.29 is 0 Å². The van der Waals surface area contributed by atoms with Crippen LogP contribution in [0, 0.1) is 0 Å². The maximum atomic E-state index is 4.53. The summed E-state index contributed by atoms with van der Waals surface area (Å²) in [6.45, 7) is 1.94. The van der Waals surface area contributed by atoms with Gasteiger partial charge in [0.2, 0.25) is 0 Å². The molecule has 0 unspecified atom stereocenters. The van der Waals surface area contributed by atoms with Crippen molar-refractivity contribution in [3.05, 3.63) is 78.4 Å². The fourth-order valence-corrected chi connectivity index (χ4v) is 2.59. The molecule has 25 heavy (non-hydrogen) atoms. The third-order valence-corrected chi connectivity index (χ3v) is 3.90. The minimum absolute atomic E-state index is 0.464. The van der Waals surface area contributed by atoms with Gasteiger partial charge in [0, 0.05) is 5.69 Å². The number of fused-ring (bicyclic) bond motifs is 1. The van der Waals surface area contributed by atoms with E-state index in [1.807, 2.05) is 49.4 Å². The molecular weight excluding hydrogens is 312 g/mol. The molecular formula is C19H16N6. The summed E-state index contributed by atoms with van der Waals surface area (Å²) >= 11 is 0. The summed E-state index contributed by atoms with van der Waals surface area (Å²) < 4.78 is 0. The second-order valence-corrected chi connectivity index (χ2v) is 5.63. The average molecular weight is 328 g/mol. The average Bonchev–Trinajstić information content (AvgIpc) is 3.08. The summed E-state index contributed by atoms with van der Waals surface area (Å²) in [7, 11) is 0. The normalized spacial score (nSPS) is 11.6. The third kappa shape index (κ3) is 3.23. The Morgan fingerprint density at radius 2 is 1.68 bits per heavy atom. The van der Waals surface area contributed by atoms with Crippen molar-refractivity contribution in [1.29, 1.82) is 0 Å². The number of nitrogens with one attached hydrogen (secondary N) is 1. The Hall–Kier alpha value is -3.54. The molecule has 0 atom stereocenters. The van der Waals surface area contributed by atoms with Crippen LogP contribution in [0.3, 0.4) is 0 Å². The lowest BCUT2D eigenvalue weighted by atomic mass is 10.0. The number of hydrogen-bond donors (Lipinski definition) is 1. The molecule has 1 aromatic heterocycles. The topological polar surface area (TPSA) is 68.0 Å². The number of tetrazole rings is 1. The highest BCUT2D eigenvalue weighted by atomic mass is 15.7. The second-order valence-electron chi connectivity index (χ2n) is 5.63. The van der Waals surface area contributed by atoms with Gasteiger partial charge < -0.3 is 5.32 Å². The Morgan fingerprint density at radius 3 is 2.52 bits per heavy atom. The lowest BCUT2D eigenvalue weighted by Crippen LogP contribution is -2.05. The highest BCUT2D eigenvalue weighted by molar-refractivity contribution is 6.01. The van der Waals surface area contributed by atoms with Crippen LogP contribution in [0.5, 0.6) is 0 Å². The van der Waals surface area contributed by atoms with Crippen molar-refractivity contribution in [1.82, 2.24) is 20.3 Å². The van der Waals surface area contributed by atoms with Crippen LogP contribution in [0.1, 0.15) is 12.5 Å². The minimum atomic E-state index is 0.464. The van der Waals surface area contributed by atoms with Gasteiger partial charge in [0.1, 0.15) is 0 Å². The van der Waals surface area contributed by atoms with Crippen LogP contribution in [0.15, 0.2) is 77.9 Å². The van der Waals surface area contributed by atoms with Gasteiger partial charge in [-0.25, -0.2) is 0 Å². The summed E-state index contributed by atoms with van der Waals surface area (Å²) in [5, 5.41) is 21.7. The molecule has 0 aliphatic heterocycles. The number of aromatic nitrogens is 4. The lowest BCUT2D eigenvalue weighted by molar-refractivity contribution is 0.695. The Bertz CT molecular complexity index is 1040. The number of anilines is 2. The molecule has 4 aromatic rings. The summed E-state index contributed by atoms with van der Waals surface area (Å²) in [6, 6.07) is 24.2. The maximum absolute atomic E-state index is 4.53. The molecule has 0 aliphatic rings. The minimum Gasteiger partial charge on any atom is -0.321 e. The molecule has 0 saturated carbocycles. The van der Waals surface area contributed by atoms with Gasteiger partial charge in [-0.1, -0.05) is 64.5 Å². The molecule has 0 aliphatic carbocycles. The van der Waals surface area contributed by atoms with E-state index in [0.717, 1.165) is 17.0 Å². The van der Waals surface area contributed by atoms with Crippen LogP contribution < -0.4 is 5.32 Å². The smallest absolute Gasteiger partial charge is 0.269 e. The molecule has 3 aromatic carbocycles. The third-order valence-electron chi connectivity index (χ3n) is 3.90. The first-order chi connectivity index (χ1) is 12.3. The van der Waals surface area contributed by atoms with E-state index in [2.05, 4.69) is 56.3 Å². The van der Waals surface area contributed by atoms with Gasteiger partial charge >= 0.3 is 0 Å². The molecule has 0 bridgehead atoms. The molecule has 1 heterocycles. The number of hydrogen-bond acceptors (Lipinski definition) is 5. The first-order valence-corrected chi connectivity index (χ1v) is 7.95. The van der Waals surface area contributed by atoms with E-state index in [0.29, 0.717) is 5.95 Å². The van der Waals surface area contributed by atoms with E-state index in [1.165, 1.54) is 15.6 Å². The highest BCUT2D eigenvalue weighted by Crippen LogP contribution is 2.17. The molecule has 6 nitrogen and oxygen atoms in total. The summed E-state index contributed by atoms with van der Waals surface area (Å²) in [4.78, 5) is 1.40. The number of benzene rings is 3. The largest absolute Gasteiger partial charge is 0.321 e. The van der Waals surface area contributed by atoms with E-state index in [4.69, 9.17) is 0 Å². The van der Waals surface area contributed by atoms with Crippen molar-refractivity contribution >= 4 is 28.1 Å². The molecule has 4 rings (SSSR count). The van der Waals surface area contributed by atoms with Gasteiger partial charge in [0.05, 0.1) is 5.71 Å². The van der Waals surface area contributed by atoms with Crippen LogP contribution in [0.25, 0.3) is 10.8 Å². The zero-order valence-electron chi connectivity index (χ0n) is 13.7. The Kier molecular flexibility index (Phi) is 3.92. The van der Waals surface area contributed by atoms with E-state index in [1.54, 1.807) is 0 Å². The predicted octanol–water partition coefficient (Wildman–Crippen LogP) is 3.84. The van der Waals surface area contributed by atoms with Crippen molar-refractivity contribution in [3.8, 4) is 0 Å². The lowest BCUT2D eigenvalue weighted by Gasteiger charge is -2.05. The Labute approximate surface area is 144 Å². The van der Waals surface area contributed by atoms with Crippen LogP contribution in [-0.4, -0.2) is 26.0 Å². The van der Waals surface area contributed by atoms with Crippen molar-refractivity contribution in [2.24, 2.45) is 5.10 Å². The van der Waals surface area contributed by atoms with Crippen molar-refractivity contribution in [2.75, 3.05) is 5.32 Å². The Balaban J connectivity index is 1.64. The monoisotopic (exact) mass is 328 g/mol. The van der Waals surface area contributed by atoms with E-state index in [9.17, 15) is 0 Å². The van der Waals surface area contributed by atoms with Gasteiger partial charge in [-0.2, -0.15) is 5.10 Å². The fraction of sp³-hybridized carbons (Fsp3) is 0.0526. The zero-order chi connectivity index (χ0) is 17.1. The second kappa shape index (κ2) is 6.52. The quantitative estimate of drug-likeness (QED) is 0.578. The van der Waals surface area contributed by atoms with E-state index < -0.39 is 0 Å². The maximum Gasteiger partial charge on any atom is 0.269 e. The van der Waals surface area contributed by atoms with Gasteiger partial charge in [-0.3, -0.25) is 0 Å². The molecule has 122 valence electrons.